The molecule has 0 radical (unpaired) electrons. The molecule has 0 N–H and O–H groups in total. The molecular formula is C17H16N2O2. The second-order valence-corrected chi connectivity index (χ2v) is 4.98. The van der Waals surface area contributed by atoms with Crippen LogP contribution in [-0.2, 0) is 10.3 Å². The van der Waals surface area contributed by atoms with E-state index in [2.05, 4.69) is 23.7 Å². The Hall–Kier alpha value is -2.62. The van der Waals surface area contributed by atoms with Gasteiger partial charge in [0.05, 0.1) is 29.9 Å². The number of ether oxygens (including phenoxy) is 1. The van der Waals surface area contributed by atoms with E-state index in [0.29, 0.717) is 5.56 Å². The topological polar surface area (TPSA) is 44.1 Å². The first-order valence-corrected chi connectivity index (χ1v) is 6.74. The number of rotatable bonds is 3. The molecule has 0 aromatic carbocycles. The Kier molecular flexibility index (Phi) is 3.22. The van der Waals surface area contributed by atoms with Gasteiger partial charge < -0.3 is 9.30 Å². The monoisotopic (exact) mass is 280 g/mol. The van der Waals surface area contributed by atoms with E-state index in [-0.39, 0.29) is 11.5 Å². The van der Waals surface area contributed by atoms with Gasteiger partial charge in [-0.05, 0) is 12.5 Å². The van der Waals surface area contributed by atoms with Gasteiger partial charge in [0.15, 0.2) is 0 Å². The average Bonchev–Trinajstić information content (AvgIpc) is 2.95. The Bertz CT molecular complexity index is 770. The van der Waals surface area contributed by atoms with Crippen LogP contribution in [0.25, 0.3) is 10.9 Å². The summed E-state index contributed by atoms with van der Waals surface area (Å²) in [5.41, 5.74) is 1.04. The molecule has 4 nitrogen and oxygen atoms in total. The first-order valence-electron chi connectivity index (χ1n) is 6.74. The van der Waals surface area contributed by atoms with Crippen LogP contribution in [0.1, 0.15) is 16.8 Å². The number of pyridine rings is 1. The van der Waals surface area contributed by atoms with E-state index in [1.165, 1.54) is 7.11 Å². The third-order valence-corrected chi connectivity index (χ3v) is 3.89. The van der Waals surface area contributed by atoms with Crippen LogP contribution < -0.4 is 0 Å². The van der Waals surface area contributed by atoms with Gasteiger partial charge in [0.1, 0.15) is 0 Å². The molecule has 0 spiro atoms. The fourth-order valence-corrected chi connectivity index (χ4v) is 2.75. The van der Waals surface area contributed by atoms with Gasteiger partial charge in [-0.15, -0.1) is 6.58 Å². The van der Waals surface area contributed by atoms with E-state index in [0.717, 1.165) is 17.3 Å². The van der Waals surface area contributed by atoms with Crippen molar-refractivity contribution >= 4 is 16.9 Å². The van der Waals surface area contributed by atoms with Crippen LogP contribution in [0.4, 0.5) is 0 Å². The van der Waals surface area contributed by atoms with Gasteiger partial charge in [-0.25, -0.2) is 4.79 Å². The van der Waals surface area contributed by atoms with Gasteiger partial charge in [0.2, 0.25) is 0 Å². The van der Waals surface area contributed by atoms with Crippen molar-refractivity contribution in [3.8, 4) is 0 Å². The number of methoxy groups -OCH3 is 1. The van der Waals surface area contributed by atoms with Crippen molar-refractivity contribution in [3.05, 3.63) is 67.2 Å². The minimum Gasteiger partial charge on any atom is -0.465 e. The molecule has 0 amide bonds. The Balaban J connectivity index is 2.28. The highest BCUT2D eigenvalue weighted by molar-refractivity contribution is 6.04. The summed E-state index contributed by atoms with van der Waals surface area (Å²) in [5, 5.41) is 0.834. The molecule has 21 heavy (non-hydrogen) atoms. The van der Waals surface area contributed by atoms with Gasteiger partial charge in [0, 0.05) is 17.8 Å². The number of allylic oxidation sites excluding steroid dienone is 5. The summed E-state index contributed by atoms with van der Waals surface area (Å²) in [6, 6.07) is 1.83. The minimum absolute atomic E-state index is 0.348. The highest BCUT2D eigenvalue weighted by Crippen LogP contribution is 2.34. The summed E-state index contributed by atoms with van der Waals surface area (Å²) < 4.78 is 6.92. The lowest BCUT2D eigenvalue weighted by molar-refractivity contribution is 0.0602. The molecule has 3 rings (SSSR count). The fourth-order valence-electron chi connectivity index (χ4n) is 2.75. The molecule has 1 aliphatic rings. The molecule has 0 saturated carbocycles. The van der Waals surface area contributed by atoms with Crippen LogP contribution in [0, 0.1) is 0 Å². The summed E-state index contributed by atoms with van der Waals surface area (Å²) in [6.07, 6.45) is 16.1. The SMILES string of the molecule is C=CC1(n2cc(C(=O)OC)c3ccncc32)C=CC=CC1. The van der Waals surface area contributed by atoms with Gasteiger partial charge >= 0.3 is 5.97 Å². The molecule has 2 aromatic rings. The summed E-state index contributed by atoms with van der Waals surface area (Å²) in [5.74, 6) is -0.348. The predicted molar refractivity (Wildman–Crippen MR) is 82.1 cm³/mol. The first-order chi connectivity index (χ1) is 10.2. The number of aromatic nitrogens is 2. The van der Waals surface area contributed by atoms with Crippen molar-refractivity contribution in [3.63, 3.8) is 0 Å². The van der Waals surface area contributed by atoms with Crippen LogP contribution in [0.5, 0.6) is 0 Å². The number of esters is 1. The van der Waals surface area contributed by atoms with Gasteiger partial charge in [0.25, 0.3) is 0 Å². The molecule has 0 aliphatic heterocycles. The van der Waals surface area contributed by atoms with Crippen LogP contribution in [0.2, 0.25) is 0 Å². The molecule has 0 bridgehead atoms. The summed E-state index contributed by atoms with van der Waals surface area (Å²) >= 11 is 0. The van der Waals surface area contributed by atoms with Gasteiger partial charge in [-0.3, -0.25) is 4.98 Å². The van der Waals surface area contributed by atoms with Gasteiger partial charge in [-0.1, -0.05) is 30.4 Å². The molecule has 1 aliphatic carbocycles. The van der Waals surface area contributed by atoms with Gasteiger partial charge in [-0.2, -0.15) is 0 Å². The van der Waals surface area contributed by atoms with Crippen molar-refractivity contribution in [2.45, 2.75) is 12.0 Å². The Morgan fingerprint density at radius 1 is 1.52 bits per heavy atom. The zero-order chi connectivity index (χ0) is 14.9. The predicted octanol–water partition coefficient (Wildman–Crippen LogP) is 3.22. The summed E-state index contributed by atoms with van der Waals surface area (Å²) in [7, 11) is 1.39. The van der Waals surface area contributed by atoms with Crippen molar-refractivity contribution in [1.82, 2.24) is 9.55 Å². The van der Waals surface area contributed by atoms with Crippen molar-refractivity contribution in [2.75, 3.05) is 7.11 Å². The molecule has 2 heterocycles. The fraction of sp³-hybridized carbons (Fsp3) is 0.176. The second-order valence-electron chi connectivity index (χ2n) is 4.98. The van der Waals surface area contributed by atoms with E-state index >= 15 is 0 Å². The molecule has 1 atom stereocenters. The second kappa shape index (κ2) is 5.05. The van der Waals surface area contributed by atoms with E-state index in [1.807, 2.05) is 35.1 Å². The lowest BCUT2D eigenvalue weighted by atomic mass is 9.91. The first kappa shape index (κ1) is 13.4. The molecule has 4 heteroatoms. The lowest BCUT2D eigenvalue weighted by Gasteiger charge is -2.30. The van der Waals surface area contributed by atoms with E-state index in [4.69, 9.17) is 4.74 Å². The minimum atomic E-state index is -0.387. The maximum atomic E-state index is 12.0. The highest BCUT2D eigenvalue weighted by atomic mass is 16.5. The third-order valence-electron chi connectivity index (χ3n) is 3.89. The zero-order valence-corrected chi connectivity index (χ0v) is 11.8. The molecular weight excluding hydrogens is 264 g/mol. The average molecular weight is 280 g/mol. The van der Waals surface area contributed by atoms with E-state index in [1.54, 1.807) is 12.4 Å². The number of hydrogen-bond acceptors (Lipinski definition) is 3. The Morgan fingerprint density at radius 2 is 2.38 bits per heavy atom. The van der Waals surface area contributed by atoms with Crippen LogP contribution in [-0.4, -0.2) is 22.6 Å². The Morgan fingerprint density at radius 3 is 3.05 bits per heavy atom. The smallest absolute Gasteiger partial charge is 0.340 e. The van der Waals surface area contributed by atoms with Crippen molar-refractivity contribution in [1.29, 1.82) is 0 Å². The number of fused-ring (bicyclic) bond motifs is 1. The summed E-state index contributed by atoms with van der Waals surface area (Å²) in [4.78, 5) is 16.2. The molecule has 0 saturated heterocycles. The van der Waals surface area contributed by atoms with Crippen molar-refractivity contribution in [2.24, 2.45) is 0 Å². The van der Waals surface area contributed by atoms with E-state index < -0.39 is 0 Å². The Labute approximate surface area is 123 Å². The van der Waals surface area contributed by atoms with Crippen LogP contribution in [0.15, 0.2) is 61.6 Å². The number of carbonyl (C=O) groups is 1. The number of nitrogens with zero attached hydrogens (tertiary/aromatic N) is 2. The molecule has 2 aromatic heterocycles. The third kappa shape index (κ3) is 2.00. The highest BCUT2D eigenvalue weighted by Gasteiger charge is 2.29. The van der Waals surface area contributed by atoms with Crippen molar-refractivity contribution < 1.29 is 9.53 Å². The standard InChI is InChI=1S/C17H16N2O2/c1-3-17(8-5-4-6-9-17)19-12-14(16(20)21-2)13-7-10-18-11-15(13)19/h3-8,10-12H,1,9H2,2H3. The van der Waals surface area contributed by atoms with Crippen LogP contribution >= 0.6 is 0 Å². The van der Waals surface area contributed by atoms with E-state index in [9.17, 15) is 4.79 Å². The quantitative estimate of drug-likeness (QED) is 0.640. The molecule has 1 unspecified atom stereocenters. The number of carbonyl (C=O) groups excluding carboxylic acids is 1. The largest absolute Gasteiger partial charge is 0.465 e. The van der Waals surface area contributed by atoms with Crippen LogP contribution in [0.3, 0.4) is 0 Å². The maximum Gasteiger partial charge on any atom is 0.340 e. The number of hydrogen-bond donors (Lipinski definition) is 0. The maximum absolute atomic E-state index is 12.0. The zero-order valence-electron chi connectivity index (χ0n) is 11.8. The summed E-state index contributed by atoms with van der Waals surface area (Å²) in [6.45, 7) is 3.97. The lowest BCUT2D eigenvalue weighted by Crippen LogP contribution is -2.28. The molecule has 106 valence electrons. The normalized spacial score (nSPS) is 20.6. The molecule has 0 fully saturated rings.